The molecule has 0 aliphatic heterocycles. The number of nitrogens with zero attached hydrogens (tertiary/aromatic N) is 3. The van der Waals surface area contributed by atoms with E-state index in [9.17, 15) is 17.6 Å². The molecule has 0 N–H and O–H groups in total. The van der Waals surface area contributed by atoms with E-state index in [1.807, 2.05) is 0 Å². The number of benzene rings is 1. The van der Waals surface area contributed by atoms with E-state index in [0.717, 1.165) is 10.7 Å². The summed E-state index contributed by atoms with van der Waals surface area (Å²) in [6, 6.07) is 11.4. The zero-order chi connectivity index (χ0) is 18.7. The first-order valence-electron chi connectivity index (χ1n) is 7.45. The van der Waals surface area contributed by atoms with Gasteiger partial charge in [0.1, 0.15) is 6.61 Å². The molecule has 0 aliphatic rings. The normalized spacial score (nSPS) is 11.4. The molecular weight excluding hydrogens is 354 g/mol. The van der Waals surface area contributed by atoms with E-state index in [2.05, 4.69) is 10.1 Å². The number of aromatic nitrogens is 3. The largest absolute Gasteiger partial charge is 0.484 e. The lowest BCUT2D eigenvalue weighted by molar-refractivity contribution is -0.141. The molecule has 0 fully saturated rings. The Labute approximate surface area is 145 Å². The van der Waals surface area contributed by atoms with Gasteiger partial charge in [-0.1, -0.05) is 18.2 Å². The molecule has 2 heterocycles. The van der Waals surface area contributed by atoms with Crippen LogP contribution in [0.15, 0.2) is 48.5 Å². The van der Waals surface area contributed by atoms with Gasteiger partial charge in [-0.2, -0.15) is 18.3 Å². The third-order valence-electron chi connectivity index (χ3n) is 3.33. The van der Waals surface area contributed by atoms with Crippen LogP contribution < -0.4 is 9.47 Å². The van der Waals surface area contributed by atoms with Gasteiger partial charge in [-0.3, -0.25) is 0 Å². The second-order valence-corrected chi connectivity index (χ2v) is 5.28. The van der Waals surface area contributed by atoms with Crippen LogP contribution in [-0.2, 0) is 19.8 Å². The minimum atomic E-state index is -4.57. The van der Waals surface area contributed by atoms with Gasteiger partial charge in [0.15, 0.2) is 17.3 Å². The second-order valence-electron chi connectivity index (χ2n) is 5.28. The molecular formula is C17H13F4N3O2. The minimum Gasteiger partial charge on any atom is -0.484 e. The summed E-state index contributed by atoms with van der Waals surface area (Å²) in [5, 5.41) is 3.36. The van der Waals surface area contributed by atoms with E-state index < -0.39 is 17.7 Å². The Morgan fingerprint density at radius 1 is 1.08 bits per heavy atom. The van der Waals surface area contributed by atoms with E-state index in [1.54, 1.807) is 18.2 Å². The molecule has 2 aromatic heterocycles. The number of pyridine rings is 1. The molecule has 0 unspecified atom stereocenters. The van der Waals surface area contributed by atoms with Crippen LogP contribution >= 0.6 is 0 Å². The summed E-state index contributed by atoms with van der Waals surface area (Å²) in [6.07, 6.45) is -4.57. The van der Waals surface area contributed by atoms with Gasteiger partial charge < -0.3 is 9.47 Å². The van der Waals surface area contributed by atoms with E-state index in [-0.39, 0.29) is 24.1 Å². The summed E-state index contributed by atoms with van der Waals surface area (Å²) in [5.41, 5.74) is -0.641. The van der Waals surface area contributed by atoms with Crippen LogP contribution in [0, 0.1) is 5.82 Å². The van der Waals surface area contributed by atoms with Gasteiger partial charge in [-0.15, -0.1) is 0 Å². The van der Waals surface area contributed by atoms with Crippen LogP contribution in [-0.4, -0.2) is 14.8 Å². The van der Waals surface area contributed by atoms with Crippen molar-refractivity contribution in [2.45, 2.75) is 12.8 Å². The maximum Gasteiger partial charge on any atom is 0.435 e. The number of aryl methyl sites for hydroxylation is 1. The second kappa shape index (κ2) is 7.03. The van der Waals surface area contributed by atoms with Crippen molar-refractivity contribution in [3.8, 4) is 17.5 Å². The molecule has 0 saturated carbocycles. The Kier molecular flexibility index (Phi) is 4.79. The van der Waals surface area contributed by atoms with Crippen LogP contribution in [0.4, 0.5) is 17.6 Å². The molecule has 26 heavy (non-hydrogen) atoms. The van der Waals surface area contributed by atoms with Crippen LogP contribution in [0.25, 0.3) is 0 Å². The van der Waals surface area contributed by atoms with Gasteiger partial charge in [0.2, 0.25) is 11.8 Å². The maximum atomic E-state index is 13.5. The third-order valence-corrected chi connectivity index (χ3v) is 3.33. The summed E-state index contributed by atoms with van der Waals surface area (Å²) in [4.78, 5) is 4.13. The lowest BCUT2D eigenvalue weighted by Gasteiger charge is -2.08. The summed E-state index contributed by atoms with van der Waals surface area (Å²) in [7, 11) is 1.33. The monoisotopic (exact) mass is 367 g/mol. The van der Waals surface area contributed by atoms with Crippen molar-refractivity contribution < 1.29 is 27.0 Å². The lowest BCUT2D eigenvalue weighted by Crippen LogP contribution is -2.06. The van der Waals surface area contributed by atoms with Crippen molar-refractivity contribution in [1.82, 2.24) is 14.8 Å². The Morgan fingerprint density at radius 2 is 1.85 bits per heavy atom. The fourth-order valence-electron chi connectivity index (χ4n) is 2.10. The van der Waals surface area contributed by atoms with E-state index in [0.29, 0.717) is 5.69 Å². The van der Waals surface area contributed by atoms with Crippen molar-refractivity contribution >= 4 is 0 Å². The van der Waals surface area contributed by atoms with Crippen molar-refractivity contribution in [3.63, 3.8) is 0 Å². The molecule has 0 spiro atoms. The van der Waals surface area contributed by atoms with Crippen molar-refractivity contribution in [3.05, 3.63) is 65.7 Å². The Bertz CT molecular complexity index is 909. The fraction of sp³-hybridized carbons (Fsp3) is 0.176. The molecule has 0 radical (unpaired) electrons. The average Bonchev–Trinajstić information content (AvgIpc) is 2.96. The van der Waals surface area contributed by atoms with Gasteiger partial charge in [-0.25, -0.2) is 14.1 Å². The van der Waals surface area contributed by atoms with Gasteiger partial charge in [0.05, 0.1) is 5.69 Å². The molecule has 0 atom stereocenters. The van der Waals surface area contributed by atoms with E-state index in [4.69, 9.17) is 9.47 Å². The average molecular weight is 367 g/mol. The number of hydrogen-bond acceptors (Lipinski definition) is 4. The van der Waals surface area contributed by atoms with Crippen molar-refractivity contribution in [1.29, 1.82) is 0 Å². The highest BCUT2D eigenvalue weighted by atomic mass is 19.4. The first-order chi connectivity index (χ1) is 12.3. The van der Waals surface area contributed by atoms with Gasteiger partial charge >= 0.3 is 6.18 Å². The first-order valence-corrected chi connectivity index (χ1v) is 7.45. The zero-order valence-electron chi connectivity index (χ0n) is 13.5. The summed E-state index contributed by atoms with van der Waals surface area (Å²) >= 11 is 0. The highest BCUT2D eigenvalue weighted by Gasteiger charge is 2.35. The quantitative estimate of drug-likeness (QED) is 0.630. The van der Waals surface area contributed by atoms with Crippen molar-refractivity contribution in [2.24, 2.45) is 7.05 Å². The Morgan fingerprint density at radius 3 is 2.54 bits per heavy atom. The number of halogens is 4. The minimum absolute atomic E-state index is 0.0304. The molecule has 0 amide bonds. The van der Waals surface area contributed by atoms with Crippen LogP contribution in [0.1, 0.15) is 11.4 Å². The molecule has 3 aromatic rings. The highest BCUT2D eigenvalue weighted by Crippen LogP contribution is 2.31. The van der Waals surface area contributed by atoms with Crippen LogP contribution in [0.2, 0.25) is 0 Å². The number of hydrogen-bond donors (Lipinski definition) is 0. The summed E-state index contributed by atoms with van der Waals surface area (Å²) in [5.74, 6) is -0.482. The summed E-state index contributed by atoms with van der Waals surface area (Å²) < 4.78 is 63.3. The summed E-state index contributed by atoms with van der Waals surface area (Å²) in [6.45, 7) is -0.0304. The van der Waals surface area contributed by atoms with Gasteiger partial charge in [0.25, 0.3) is 0 Å². The van der Waals surface area contributed by atoms with Gasteiger partial charge in [0, 0.05) is 19.2 Å². The lowest BCUT2D eigenvalue weighted by atomic mass is 10.3. The number of para-hydroxylation sites is 1. The molecule has 0 bridgehead atoms. The standard InChI is InChI=1S/C17H13F4N3O2/c1-24-16(9-14(23-24)17(19,20)21)26-15-8-4-5-11(22-15)10-25-13-7-3-2-6-12(13)18/h2-9H,10H2,1H3. The van der Waals surface area contributed by atoms with E-state index >= 15 is 0 Å². The molecule has 0 aliphatic carbocycles. The Hall–Kier alpha value is -3.10. The Balaban J connectivity index is 1.72. The number of ether oxygens (including phenoxy) is 2. The first kappa shape index (κ1) is 17.7. The molecule has 136 valence electrons. The van der Waals surface area contributed by atoms with Gasteiger partial charge in [-0.05, 0) is 18.2 Å². The highest BCUT2D eigenvalue weighted by molar-refractivity contribution is 5.26. The van der Waals surface area contributed by atoms with Crippen LogP contribution in [0.3, 0.4) is 0 Å². The molecule has 3 rings (SSSR count). The maximum absolute atomic E-state index is 13.5. The molecule has 0 saturated heterocycles. The molecule has 1 aromatic carbocycles. The SMILES string of the molecule is Cn1nc(C(F)(F)F)cc1Oc1cccc(COc2ccccc2F)n1. The number of alkyl halides is 3. The predicted octanol–water partition coefficient (Wildman–Crippen LogP) is 4.34. The van der Waals surface area contributed by atoms with Crippen molar-refractivity contribution in [2.75, 3.05) is 0 Å². The zero-order valence-corrected chi connectivity index (χ0v) is 13.5. The number of rotatable bonds is 5. The molecule has 9 heteroatoms. The topological polar surface area (TPSA) is 49.2 Å². The van der Waals surface area contributed by atoms with Crippen LogP contribution in [0.5, 0.6) is 17.5 Å². The molecule has 5 nitrogen and oxygen atoms in total. The fourth-order valence-corrected chi connectivity index (χ4v) is 2.10. The smallest absolute Gasteiger partial charge is 0.435 e. The third kappa shape index (κ3) is 4.11. The van der Waals surface area contributed by atoms with E-state index in [1.165, 1.54) is 31.3 Å². The predicted molar refractivity (Wildman–Crippen MR) is 83.3 cm³/mol.